The van der Waals surface area contributed by atoms with Crippen molar-refractivity contribution < 1.29 is 56.2 Å². The number of rotatable bonds is 37. The highest BCUT2D eigenvalue weighted by molar-refractivity contribution is 7.80. The van der Waals surface area contributed by atoms with E-state index in [2.05, 4.69) is 66.6 Å². The highest BCUT2D eigenvalue weighted by Gasteiger charge is 2.48. The third-order valence-electron chi connectivity index (χ3n) is 9.65. The molecule has 0 aromatic carbocycles. The van der Waals surface area contributed by atoms with Gasteiger partial charge in [0.2, 0.25) is 0 Å². The Hall–Kier alpha value is -1.94. The maximum Gasteiger partial charge on any atom is 0.397 e. The summed E-state index contributed by atoms with van der Waals surface area (Å²) in [6.07, 6.45) is 32.8. The molecule has 6 atom stereocenters. The van der Waals surface area contributed by atoms with Crippen molar-refractivity contribution in [2.45, 2.75) is 198 Å². The predicted molar refractivity (Wildman–Crippen MR) is 225 cm³/mol. The van der Waals surface area contributed by atoms with Gasteiger partial charge in [-0.2, -0.15) is 8.42 Å². The van der Waals surface area contributed by atoms with Crippen molar-refractivity contribution in [1.82, 2.24) is 0 Å². The number of hydrogen-bond donors (Lipinski definition) is 4. The first kappa shape index (κ1) is 53.1. The zero-order valence-corrected chi connectivity index (χ0v) is 36.0. The van der Waals surface area contributed by atoms with E-state index in [9.17, 15) is 28.5 Å². The minimum atomic E-state index is -5.06. The van der Waals surface area contributed by atoms with Gasteiger partial charge in [0.1, 0.15) is 30.5 Å². The number of aliphatic hydroxyl groups excluding tert-OH is 3. The Morgan fingerprint density at radius 2 is 1.19 bits per heavy atom. The van der Waals surface area contributed by atoms with Crippen LogP contribution in [0.5, 0.6) is 0 Å². The van der Waals surface area contributed by atoms with Gasteiger partial charge in [0.15, 0.2) is 6.29 Å². The standard InChI is InChI=1S/C44H78O12S/c1-3-5-7-9-11-13-15-17-19-20-21-23-25-27-29-31-33-40(46)54-38(36-52-34-32-30-28-26-24-22-18-16-14-12-10-8-6-4-2)37-53-44-42(48)43(56-57(49,50)51)41(47)39(35-45)55-44/h8,10,13-16,19-20,38-39,41-45,47-48H,3-7,9,11-12,17-18,21-37H2,1-2H3,(H,49,50,51)/b10-8-,15-13-,16-14-,20-19-. The molecule has 0 aromatic rings. The number of carbonyl (C=O) groups excluding carboxylic acids is 1. The van der Waals surface area contributed by atoms with E-state index in [1.807, 2.05) is 0 Å². The van der Waals surface area contributed by atoms with Gasteiger partial charge in [0.25, 0.3) is 0 Å². The highest BCUT2D eigenvalue weighted by Crippen LogP contribution is 2.26. The van der Waals surface area contributed by atoms with Crippen molar-refractivity contribution in [3.05, 3.63) is 48.6 Å². The monoisotopic (exact) mass is 831 g/mol. The lowest BCUT2D eigenvalue weighted by molar-refractivity contribution is -0.301. The number of aliphatic hydroxyl groups is 3. The molecule has 1 saturated heterocycles. The van der Waals surface area contributed by atoms with Crippen molar-refractivity contribution >= 4 is 16.4 Å². The molecule has 0 bridgehead atoms. The molecule has 12 nitrogen and oxygen atoms in total. The Balaban J connectivity index is 2.47. The van der Waals surface area contributed by atoms with Crippen LogP contribution in [0.4, 0.5) is 0 Å². The summed E-state index contributed by atoms with van der Waals surface area (Å²) in [7, 11) is -5.06. The van der Waals surface area contributed by atoms with Gasteiger partial charge < -0.3 is 34.3 Å². The quantitative estimate of drug-likeness (QED) is 0.0203. The van der Waals surface area contributed by atoms with Crippen LogP contribution in [0.3, 0.4) is 0 Å². The zero-order valence-electron chi connectivity index (χ0n) is 35.1. The van der Waals surface area contributed by atoms with Crippen molar-refractivity contribution in [1.29, 1.82) is 0 Å². The molecule has 4 N–H and O–H groups in total. The van der Waals surface area contributed by atoms with Crippen LogP contribution in [0.2, 0.25) is 0 Å². The summed E-state index contributed by atoms with van der Waals surface area (Å²) in [5.74, 6) is -0.419. The number of allylic oxidation sites excluding steroid dienone is 8. The van der Waals surface area contributed by atoms with Crippen LogP contribution in [-0.2, 0) is 38.3 Å². The fourth-order valence-electron chi connectivity index (χ4n) is 6.33. The summed E-state index contributed by atoms with van der Waals surface area (Å²) in [6.45, 7) is 3.85. The lowest BCUT2D eigenvalue weighted by Crippen LogP contribution is -2.60. The third-order valence-corrected chi connectivity index (χ3v) is 10.1. The predicted octanol–water partition coefficient (Wildman–Crippen LogP) is 8.80. The van der Waals surface area contributed by atoms with Crippen LogP contribution in [0.15, 0.2) is 48.6 Å². The van der Waals surface area contributed by atoms with Crippen molar-refractivity contribution in [2.75, 3.05) is 26.4 Å². The van der Waals surface area contributed by atoms with Crippen LogP contribution in [0.1, 0.15) is 162 Å². The molecular formula is C44H78O12S. The van der Waals surface area contributed by atoms with Gasteiger partial charge in [0.05, 0.1) is 19.8 Å². The van der Waals surface area contributed by atoms with Gasteiger partial charge in [-0.1, -0.05) is 133 Å². The normalized spacial score (nSPS) is 21.1. The van der Waals surface area contributed by atoms with E-state index in [0.29, 0.717) is 13.0 Å². The number of esters is 1. The van der Waals surface area contributed by atoms with Gasteiger partial charge in [0, 0.05) is 13.0 Å². The molecule has 0 aromatic heterocycles. The molecule has 1 aliphatic heterocycles. The Bertz CT molecular complexity index is 1190. The maximum absolute atomic E-state index is 12.8. The molecule has 332 valence electrons. The van der Waals surface area contributed by atoms with E-state index >= 15 is 0 Å². The van der Waals surface area contributed by atoms with Gasteiger partial charge in [-0.05, 0) is 70.6 Å². The fourth-order valence-corrected chi connectivity index (χ4v) is 6.84. The van der Waals surface area contributed by atoms with E-state index in [0.717, 1.165) is 89.9 Å². The minimum absolute atomic E-state index is 0.0216. The number of unbranched alkanes of at least 4 members (excludes halogenated alkanes) is 16. The minimum Gasteiger partial charge on any atom is -0.457 e. The highest BCUT2D eigenvalue weighted by atomic mass is 32.3. The second kappa shape index (κ2) is 36.0. The molecule has 13 heteroatoms. The topological polar surface area (TPSA) is 178 Å². The molecule has 0 aliphatic carbocycles. The molecule has 0 radical (unpaired) electrons. The van der Waals surface area contributed by atoms with Crippen molar-refractivity contribution in [3.63, 3.8) is 0 Å². The van der Waals surface area contributed by atoms with E-state index in [1.54, 1.807) is 0 Å². The second-order valence-corrected chi connectivity index (χ2v) is 16.0. The summed E-state index contributed by atoms with van der Waals surface area (Å²) in [6, 6.07) is 0. The first-order valence-corrected chi connectivity index (χ1v) is 23.3. The van der Waals surface area contributed by atoms with E-state index < -0.39 is 59.8 Å². The second-order valence-electron chi connectivity index (χ2n) is 14.9. The first-order chi connectivity index (χ1) is 27.6. The van der Waals surface area contributed by atoms with Gasteiger partial charge in [-0.3, -0.25) is 9.35 Å². The SMILES string of the molecule is CCC/C=C\C/C=C\CCCCCCCCOCC(COC1OC(CO)C(O)C(OS(=O)(=O)O)C1O)OC(=O)CCCCCCC/C=C\C/C=C\CCCCCC. The van der Waals surface area contributed by atoms with Crippen LogP contribution in [-0.4, -0.2) is 97.5 Å². The summed E-state index contributed by atoms with van der Waals surface area (Å²) < 4.78 is 59.0. The van der Waals surface area contributed by atoms with Crippen LogP contribution < -0.4 is 0 Å². The molecule has 0 amide bonds. The largest absolute Gasteiger partial charge is 0.457 e. The summed E-state index contributed by atoms with van der Waals surface area (Å²) in [4.78, 5) is 12.8. The average molecular weight is 831 g/mol. The molecule has 6 unspecified atom stereocenters. The first-order valence-electron chi connectivity index (χ1n) is 21.9. The Kier molecular flexibility index (Phi) is 33.5. The van der Waals surface area contributed by atoms with Gasteiger partial charge in [-0.25, -0.2) is 4.18 Å². The molecule has 1 rings (SSSR count). The summed E-state index contributed by atoms with van der Waals surface area (Å²) in [5, 5.41) is 30.6. The molecule has 0 saturated carbocycles. The number of hydrogen-bond acceptors (Lipinski definition) is 11. The lowest BCUT2D eigenvalue weighted by atomic mass is 9.99. The molecule has 1 heterocycles. The molecule has 0 spiro atoms. The molecule has 1 aliphatic rings. The number of ether oxygens (including phenoxy) is 4. The van der Waals surface area contributed by atoms with E-state index in [-0.39, 0.29) is 19.6 Å². The molecule has 1 fully saturated rings. The van der Waals surface area contributed by atoms with Crippen LogP contribution in [0, 0.1) is 0 Å². The van der Waals surface area contributed by atoms with E-state index in [4.69, 9.17) is 23.5 Å². The van der Waals surface area contributed by atoms with Crippen molar-refractivity contribution in [3.8, 4) is 0 Å². The lowest BCUT2D eigenvalue weighted by Gasteiger charge is -2.41. The van der Waals surface area contributed by atoms with Crippen molar-refractivity contribution in [2.24, 2.45) is 0 Å². The Morgan fingerprint density at radius 3 is 1.74 bits per heavy atom. The van der Waals surface area contributed by atoms with Gasteiger partial charge in [-0.15, -0.1) is 0 Å². The molecule has 57 heavy (non-hydrogen) atoms. The summed E-state index contributed by atoms with van der Waals surface area (Å²) >= 11 is 0. The smallest absolute Gasteiger partial charge is 0.397 e. The Morgan fingerprint density at radius 1 is 0.667 bits per heavy atom. The zero-order chi connectivity index (χ0) is 41.8. The number of carbonyl (C=O) groups is 1. The van der Waals surface area contributed by atoms with Crippen LogP contribution >= 0.6 is 0 Å². The van der Waals surface area contributed by atoms with E-state index in [1.165, 1.54) is 44.9 Å². The molecular weight excluding hydrogens is 753 g/mol. The average Bonchev–Trinajstić information content (AvgIpc) is 3.18. The van der Waals surface area contributed by atoms with Gasteiger partial charge >= 0.3 is 16.4 Å². The maximum atomic E-state index is 12.8. The third kappa shape index (κ3) is 29.8. The summed E-state index contributed by atoms with van der Waals surface area (Å²) in [5.41, 5.74) is 0. The Labute approximate surface area is 345 Å². The fraction of sp³-hybridized carbons (Fsp3) is 0.795. The van der Waals surface area contributed by atoms with Crippen LogP contribution in [0.25, 0.3) is 0 Å².